The van der Waals surface area contributed by atoms with Crippen molar-refractivity contribution in [2.24, 2.45) is 0 Å². The maximum atomic E-state index is 3.40. The Balaban J connectivity index is 2.18. The third-order valence-electron chi connectivity index (χ3n) is 1.63. The van der Waals surface area contributed by atoms with Crippen LogP contribution in [0.2, 0.25) is 0 Å². The zero-order valence-electron chi connectivity index (χ0n) is 6.94. The summed E-state index contributed by atoms with van der Waals surface area (Å²) >= 11 is 0. The molecule has 0 saturated carbocycles. The van der Waals surface area contributed by atoms with Crippen molar-refractivity contribution < 1.29 is 0 Å². The summed E-state index contributed by atoms with van der Waals surface area (Å²) in [6.45, 7) is 6.49. The molecular formula is C7H17N3. The van der Waals surface area contributed by atoms with Gasteiger partial charge in [0.2, 0.25) is 0 Å². The maximum Gasteiger partial charge on any atom is 0.0721 e. The Bertz CT molecular complexity index is 103. The summed E-state index contributed by atoms with van der Waals surface area (Å²) < 4.78 is 0. The fourth-order valence-electron chi connectivity index (χ4n) is 1.23. The molecule has 3 nitrogen and oxygen atoms in total. The van der Waals surface area contributed by atoms with E-state index in [4.69, 9.17) is 0 Å². The van der Waals surface area contributed by atoms with E-state index in [1.54, 1.807) is 0 Å². The molecule has 10 heavy (non-hydrogen) atoms. The lowest BCUT2D eigenvalue weighted by Gasteiger charge is -2.14. The molecule has 2 unspecified atom stereocenters. The van der Waals surface area contributed by atoms with E-state index in [2.05, 4.69) is 36.9 Å². The Hall–Kier alpha value is -0.120. The minimum absolute atomic E-state index is 0.454. The van der Waals surface area contributed by atoms with Gasteiger partial charge in [-0.2, -0.15) is 0 Å². The number of hydrogen-bond donors (Lipinski definition) is 3. The molecule has 1 aliphatic rings. The van der Waals surface area contributed by atoms with Gasteiger partial charge in [0.1, 0.15) is 0 Å². The summed E-state index contributed by atoms with van der Waals surface area (Å²) in [5.74, 6) is 0. The first-order valence-corrected chi connectivity index (χ1v) is 3.95. The van der Waals surface area contributed by atoms with Crippen LogP contribution in [-0.4, -0.2) is 18.2 Å². The fourth-order valence-corrected chi connectivity index (χ4v) is 1.23. The van der Waals surface area contributed by atoms with E-state index in [0.29, 0.717) is 18.2 Å². The van der Waals surface area contributed by atoms with Crippen molar-refractivity contribution in [3.05, 3.63) is 0 Å². The molecule has 1 saturated heterocycles. The van der Waals surface area contributed by atoms with Crippen LogP contribution in [0.4, 0.5) is 0 Å². The molecule has 60 valence electrons. The zero-order valence-corrected chi connectivity index (χ0v) is 6.94. The molecule has 3 heteroatoms. The molecule has 3 N–H and O–H groups in total. The summed E-state index contributed by atoms with van der Waals surface area (Å²) in [6.07, 6.45) is 1.62. The Morgan fingerprint density at radius 2 is 2.10 bits per heavy atom. The van der Waals surface area contributed by atoms with Crippen molar-refractivity contribution in [3.63, 3.8) is 0 Å². The minimum atomic E-state index is 0.454. The van der Waals surface area contributed by atoms with Crippen molar-refractivity contribution >= 4 is 0 Å². The van der Waals surface area contributed by atoms with Crippen LogP contribution >= 0.6 is 0 Å². The SMILES string of the molecule is CC(C)NC1CC(C)NN1. The summed E-state index contributed by atoms with van der Waals surface area (Å²) in [5, 5.41) is 3.40. The van der Waals surface area contributed by atoms with Crippen LogP contribution in [0.5, 0.6) is 0 Å². The van der Waals surface area contributed by atoms with Crippen LogP contribution in [0.3, 0.4) is 0 Å². The zero-order chi connectivity index (χ0) is 7.56. The molecule has 0 aliphatic carbocycles. The van der Waals surface area contributed by atoms with Crippen LogP contribution in [-0.2, 0) is 0 Å². The standard InChI is InChI=1S/C7H17N3/c1-5(2)8-7-4-6(3)9-10-7/h5-10H,4H2,1-3H3. The van der Waals surface area contributed by atoms with Crippen molar-refractivity contribution in [2.75, 3.05) is 0 Å². The van der Waals surface area contributed by atoms with Gasteiger partial charge in [0.15, 0.2) is 0 Å². The quantitative estimate of drug-likeness (QED) is 0.516. The van der Waals surface area contributed by atoms with Gasteiger partial charge in [-0.25, -0.2) is 5.43 Å². The second-order valence-corrected chi connectivity index (χ2v) is 3.30. The fraction of sp³-hybridized carbons (Fsp3) is 1.00. The van der Waals surface area contributed by atoms with E-state index in [-0.39, 0.29) is 0 Å². The molecule has 0 spiro atoms. The van der Waals surface area contributed by atoms with Gasteiger partial charge >= 0.3 is 0 Å². The first-order chi connectivity index (χ1) is 4.68. The number of rotatable bonds is 2. The summed E-state index contributed by atoms with van der Waals surface area (Å²) in [6, 6.07) is 1.15. The predicted octanol–water partition coefficient (Wildman–Crippen LogP) is 0.197. The number of hydrazine groups is 1. The second kappa shape index (κ2) is 3.32. The molecule has 0 aromatic rings. The van der Waals surface area contributed by atoms with Crippen molar-refractivity contribution in [3.8, 4) is 0 Å². The van der Waals surface area contributed by atoms with Gasteiger partial charge in [-0.1, -0.05) is 0 Å². The number of hydrogen-bond acceptors (Lipinski definition) is 3. The van der Waals surface area contributed by atoms with Crippen molar-refractivity contribution in [1.82, 2.24) is 16.2 Å². The van der Waals surface area contributed by atoms with E-state index in [1.165, 1.54) is 0 Å². The third kappa shape index (κ3) is 2.25. The van der Waals surface area contributed by atoms with Gasteiger partial charge in [0, 0.05) is 12.1 Å². The minimum Gasteiger partial charge on any atom is -0.299 e. The van der Waals surface area contributed by atoms with E-state index in [0.717, 1.165) is 6.42 Å². The van der Waals surface area contributed by atoms with Crippen molar-refractivity contribution in [2.45, 2.75) is 45.4 Å². The normalized spacial score (nSPS) is 33.6. The van der Waals surface area contributed by atoms with Crippen LogP contribution < -0.4 is 16.2 Å². The van der Waals surface area contributed by atoms with Gasteiger partial charge in [0.25, 0.3) is 0 Å². The highest BCUT2D eigenvalue weighted by molar-refractivity contribution is 4.77. The smallest absolute Gasteiger partial charge is 0.0721 e. The summed E-state index contributed by atoms with van der Waals surface area (Å²) in [5.41, 5.74) is 6.34. The molecule has 1 rings (SSSR count). The topological polar surface area (TPSA) is 36.1 Å². The Kier molecular flexibility index (Phi) is 2.65. The lowest BCUT2D eigenvalue weighted by molar-refractivity contribution is 0.421. The summed E-state index contributed by atoms with van der Waals surface area (Å²) in [7, 11) is 0. The second-order valence-electron chi connectivity index (χ2n) is 3.30. The van der Waals surface area contributed by atoms with Crippen LogP contribution in [0, 0.1) is 0 Å². The van der Waals surface area contributed by atoms with E-state index in [9.17, 15) is 0 Å². The largest absolute Gasteiger partial charge is 0.299 e. The first-order valence-electron chi connectivity index (χ1n) is 3.95. The van der Waals surface area contributed by atoms with E-state index >= 15 is 0 Å². The van der Waals surface area contributed by atoms with Gasteiger partial charge in [-0.05, 0) is 27.2 Å². The van der Waals surface area contributed by atoms with Gasteiger partial charge < -0.3 is 0 Å². The summed E-state index contributed by atoms with van der Waals surface area (Å²) in [4.78, 5) is 0. The molecule has 0 aromatic heterocycles. The molecule has 0 bridgehead atoms. The lowest BCUT2D eigenvalue weighted by Crippen LogP contribution is -2.44. The average Bonchev–Trinajstić information content (AvgIpc) is 2.13. The third-order valence-corrected chi connectivity index (χ3v) is 1.63. The molecule has 1 heterocycles. The van der Waals surface area contributed by atoms with Gasteiger partial charge in [-0.15, -0.1) is 0 Å². The van der Waals surface area contributed by atoms with Crippen LogP contribution in [0.25, 0.3) is 0 Å². The Morgan fingerprint density at radius 3 is 2.50 bits per heavy atom. The molecular weight excluding hydrogens is 126 g/mol. The maximum absolute atomic E-state index is 3.40. The Morgan fingerprint density at radius 1 is 1.40 bits per heavy atom. The Labute approximate surface area is 62.5 Å². The monoisotopic (exact) mass is 143 g/mol. The van der Waals surface area contributed by atoms with E-state index in [1.807, 2.05) is 0 Å². The molecule has 0 amide bonds. The van der Waals surface area contributed by atoms with Crippen LogP contribution in [0.15, 0.2) is 0 Å². The predicted molar refractivity (Wildman–Crippen MR) is 42.4 cm³/mol. The van der Waals surface area contributed by atoms with Crippen molar-refractivity contribution in [1.29, 1.82) is 0 Å². The van der Waals surface area contributed by atoms with E-state index < -0.39 is 0 Å². The molecule has 1 fully saturated rings. The van der Waals surface area contributed by atoms with Gasteiger partial charge in [-0.3, -0.25) is 10.7 Å². The number of nitrogens with one attached hydrogen (secondary N) is 3. The van der Waals surface area contributed by atoms with Gasteiger partial charge in [0.05, 0.1) is 6.17 Å². The highest BCUT2D eigenvalue weighted by atomic mass is 15.5. The first kappa shape index (κ1) is 7.98. The average molecular weight is 143 g/mol. The molecule has 2 atom stereocenters. The lowest BCUT2D eigenvalue weighted by atomic mass is 10.2. The van der Waals surface area contributed by atoms with Crippen LogP contribution in [0.1, 0.15) is 27.2 Å². The molecule has 0 aromatic carbocycles. The highest BCUT2D eigenvalue weighted by Gasteiger charge is 2.19. The molecule has 1 aliphatic heterocycles. The molecule has 0 radical (unpaired) electrons. The highest BCUT2D eigenvalue weighted by Crippen LogP contribution is 2.01.